The standard InChI is InChI=1S/C20H15ClN2O5/c1-25-13-6-7-14-12(10-26-17(14)9-13)8-19(24)27-11-18-22-20(23-28-18)15-4-2-3-5-16(15)21/h2-7,9-10H,8,11H2,1H3. The lowest BCUT2D eigenvalue weighted by Crippen LogP contribution is -2.07. The second-order valence-electron chi connectivity index (χ2n) is 5.95. The number of halogens is 1. The van der Waals surface area contributed by atoms with E-state index in [1.807, 2.05) is 18.2 Å². The smallest absolute Gasteiger partial charge is 0.310 e. The van der Waals surface area contributed by atoms with Crippen LogP contribution in [0.1, 0.15) is 11.5 Å². The van der Waals surface area contributed by atoms with E-state index in [9.17, 15) is 4.79 Å². The van der Waals surface area contributed by atoms with E-state index >= 15 is 0 Å². The van der Waals surface area contributed by atoms with E-state index in [1.54, 1.807) is 31.4 Å². The third kappa shape index (κ3) is 3.70. The van der Waals surface area contributed by atoms with Gasteiger partial charge < -0.3 is 18.4 Å². The molecule has 0 aliphatic heterocycles. The molecule has 28 heavy (non-hydrogen) atoms. The van der Waals surface area contributed by atoms with Gasteiger partial charge in [-0.25, -0.2) is 0 Å². The van der Waals surface area contributed by atoms with Crippen molar-refractivity contribution in [2.45, 2.75) is 13.0 Å². The molecular weight excluding hydrogens is 384 g/mol. The Bertz CT molecular complexity index is 1130. The number of esters is 1. The minimum Gasteiger partial charge on any atom is -0.497 e. The number of methoxy groups -OCH3 is 1. The molecule has 0 atom stereocenters. The maximum atomic E-state index is 12.2. The molecule has 0 unspecified atom stereocenters. The van der Waals surface area contributed by atoms with Crippen molar-refractivity contribution in [3.63, 3.8) is 0 Å². The molecule has 2 aromatic carbocycles. The molecule has 0 aliphatic rings. The zero-order chi connectivity index (χ0) is 19.5. The highest BCUT2D eigenvalue weighted by molar-refractivity contribution is 6.33. The Labute approximate surface area is 164 Å². The maximum Gasteiger partial charge on any atom is 0.310 e. The van der Waals surface area contributed by atoms with Gasteiger partial charge in [0.15, 0.2) is 6.61 Å². The third-order valence-electron chi connectivity index (χ3n) is 4.14. The van der Waals surface area contributed by atoms with Gasteiger partial charge in [0.05, 0.1) is 24.8 Å². The predicted octanol–water partition coefficient (Wildman–Crippen LogP) is 4.43. The van der Waals surface area contributed by atoms with Crippen LogP contribution in [0.2, 0.25) is 5.02 Å². The highest BCUT2D eigenvalue weighted by Crippen LogP contribution is 2.27. The van der Waals surface area contributed by atoms with Gasteiger partial charge in [0, 0.05) is 22.6 Å². The van der Waals surface area contributed by atoms with Gasteiger partial charge in [0.2, 0.25) is 5.82 Å². The highest BCUT2D eigenvalue weighted by Gasteiger charge is 2.15. The Hall–Kier alpha value is -3.32. The summed E-state index contributed by atoms with van der Waals surface area (Å²) in [5.41, 5.74) is 2.01. The molecule has 0 aliphatic carbocycles. The van der Waals surface area contributed by atoms with E-state index < -0.39 is 5.97 Å². The van der Waals surface area contributed by atoms with Crippen LogP contribution in [0.15, 0.2) is 57.7 Å². The largest absolute Gasteiger partial charge is 0.497 e. The van der Waals surface area contributed by atoms with E-state index in [1.165, 1.54) is 6.26 Å². The number of furan rings is 1. The fraction of sp³-hybridized carbons (Fsp3) is 0.150. The summed E-state index contributed by atoms with van der Waals surface area (Å²) in [5.74, 6) is 0.772. The van der Waals surface area contributed by atoms with Crippen LogP contribution >= 0.6 is 11.6 Å². The van der Waals surface area contributed by atoms with E-state index in [-0.39, 0.29) is 18.9 Å². The molecule has 4 rings (SSSR count). The first-order valence-corrected chi connectivity index (χ1v) is 8.79. The van der Waals surface area contributed by atoms with Gasteiger partial charge in [0.25, 0.3) is 5.89 Å². The van der Waals surface area contributed by atoms with Crippen molar-refractivity contribution in [2.24, 2.45) is 0 Å². The van der Waals surface area contributed by atoms with E-state index in [0.717, 1.165) is 10.9 Å². The second kappa shape index (κ2) is 7.74. The van der Waals surface area contributed by atoms with Crippen LogP contribution in [0.4, 0.5) is 0 Å². The Morgan fingerprint density at radius 1 is 1.21 bits per heavy atom. The predicted molar refractivity (Wildman–Crippen MR) is 101 cm³/mol. The van der Waals surface area contributed by atoms with Gasteiger partial charge in [0.1, 0.15) is 11.3 Å². The minimum atomic E-state index is -0.434. The van der Waals surface area contributed by atoms with Crippen LogP contribution < -0.4 is 4.74 Å². The van der Waals surface area contributed by atoms with Crippen molar-refractivity contribution in [1.82, 2.24) is 10.1 Å². The number of fused-ring (bicyclic) bond motifs is 1. The molecule has 0 saturated heterocycles. The van der Waals surface area contributed by atoms with Crippen molar-refractivity contribution >= 4 is 28.5 Å². The summed E-state index contributed by atoms with van der Waals surface area (Å²) in [6.45, 7) is -0.125. The van der Waals surface area contributed by atoms with E-state index in [4.69, 9.17) is 30.0 Å². The quantitative estimate of drug-likeness (QED) is 0.444. The van der Waals surface area contributed by atoms with Gasteiger partial charge in [-0.3, -0.25) is 4.79 Å². The molecule has 0 N–H and O–H groups in total. The summed E-state index contributed by atoms with van der Waals surface area (Å²) in [7, 11) is 1.58. The molecule has 0 spiro atoms. The van der Waals surface area contributed by atoms with E-state index in [0.29, 0.717) is 27.7 Å². The first-order chi connectivity index (χ1) is 13.6. The molecule has 0 saturated carbocycles. The highest BCUT2D eigenvalue weighted by atomic mass is 35.5. The molecule has 0 amide bonds. The fourth-order valence-electron chi connectivity index (χ4n) is 2.74. The van der Waals surface area contributed by atoms with E-state index in [2.05, 4.69) is 10.1 Å². The van der Waals surface area contributed by atoms with Gasteiger partial charge in [-0.05, 0) is 24.3 Å². The monoisotopic (exact) mass is 398 g/mol. The second-order valence-corrected chi connectivity index (χ2v) is 6.36. The molecule has 4 aromatic rings. The molecule has 0 bridgehead atoms. The average Bonchev–Trinajstić information content (AvgIpc) is 3.33. The molecule has 0 radical (unpaired) electrons. The number of rotatable bonds is 6. The Balaban J connectivity index is 1.40. The first kappa shape index (κ1) is 18.1. The van der Waals surface area contributed by atoms with Gasteiger partial charge in [-0.1, -0.05) is 28.9 Å². The molecule has 0 fully saturated rings. The van der Waals surface area contributed by atoms with Crippen LogP contribution in [0, 0.1) is 0 Å². The van der Waals surface area contributed by atoms with Crippen LogP contribution in [-0.4, -0.2) is 23.2 Å². The number of ether oxygens (including phenoxy) is 2. The number of carbonyl (C=O) groups is 1. The summed E-state index contributed by atoms with van der Waals surface area (Å²) >= 11 is 6.12. The van der Waals surface area contributed by atoms with Crippen LogP contribution in [0.3, 0.4) is 0 Å². The summed E-state index contributed by atoms with van der Waals surface area (Å²) in [6, 6.07) is 12.6. The fourth-order valence-corrected chi connectivity index (χ4v) is 2.96. The molecule has 7 nitrogen and oxygen atoms in total. The zero-order valence-electron chi connectivity index (χ0n) is 14.8. The Morgan fingerprint density at radius 3 is 2.89 bits per heavy atom. The number of aromatic nitrogens is 2. The zero-order valence-corrected chi connectivity index (χ0v) is 15.6. The normalized spacial score (nSPS) is 10.9. The Morgan fingerprint density at radius 2 is 2.07 bits per heavy atom. The van der Waals surface area contributed by atoms with Crippen molar-refractivity contribution < 1.29 is 23.2 Å². The topological polar surface area (TPSA) is 87.6 Å². The summed E-state index contributed by atoms with van der Waals surface area (Å²) in [4.78, 5) is 16.4. The van der Waals surface area contributed by atoms with Crippen molar-refractivity contribution in [3.05, 3.63) is 65.2 Å². The van der Waals surface area contributed by atoms with Crippen LogP contribution in [-0.2, 0) is 22.6 Å². The van der Waals surface area contributed by atoms with Gasteiger partial charge in [-0.15, -0.1) is 0 Å². The van der Waals surface area contributed by atoms with Crippen LogP contribution in [0.25, 0.3) is 22.4 Å². The van der Waals surface area contributed by atoms with Gasteiger partial charge in [-0.2, -0.15) is 4.98 Å². The number of nitrogens with zero attached hydrogens (tertiary/aromatic N) is 2. The van der Waals surface area contributed by atoms with Crippen molar-refractivity contribution in [2.75, 3.05) is 7.11 Å². The average molecular weight is 399 g/mol. The maximum absolute atomic E-state index is 12.2. The van der Waals surface area contributed by atoms with Gasteiger partial charge >= 0.3 is 5.97 Å². The lowest BCUT2D eigenvalue weighted by molar-refractivity contribution is -0.144. The molecular formula is C20H15ClN2O5. The number of hydrogen-bond acceptors (Lipinski definition) is 7. The number of benzene rings is 2. The third-order valence-corrected chi connectivity index (χ3v) is 4.47. The molecule has 2 heterocycles. The summed E-state index contributed by atoms with van der Waals surface area (Å²) in [5, 5.41) is 5.21. The summed E-state index contributed by atoms with van der Waals surface area (Å²) < 4.78 is 21.0. The molecule has 142 valence electrons. The van der Waals surface area contributed by atoms with Crippen molar-refractivity contribution in [3.8, 4) is 17.1 Å². The Kier molecular flexibility index (Phi) is 4.99. The lowest BCUT2D eigenvalue weighted by atomic mass is 10.1. The molecule has 2 aromatic heterocycles. The van der Waals surface area contributed by atoms with Crippen LogP contribution in [0.5, 0.6) is 5.75 Å². The molecule has 8 heteroatoms. The number of carbonyl (C=O) groups excluding carboxylic acids is 1. The minimum absolute atomic E-state index is 0.0604. The SMILES string of the molecule is COc1ccc2c(CC(=O)OCc3nc(-c4ccccc4Cl)no3)coc2c1. The first-order valence-electron chi connectivity index (χ1n) is 8.41. The summed E-state index contributed by atoms with van der Waals surface area (Å²) in [6.07, 6.45) is 1.60. The number of hydrogen-bond donors (Lipinski definition) is 0. The lowest BCUT2D eigenvalue weighted by Gasteiger charge is -2.01. The van der Waals surface area contributed by atoms with Crippen molar-refractivity contribution in [1.29, 1.82) is 0 Å².